The quantitative estimate of drug-likeness (QED) is 0.308. The summed E-state index contributed by atoms with van der Waals surface area (Å²) in [4.78, 5) is 16.0. The summed E-state index contributed by atoms with van der Waals surface area (Å²) in [6.45, 7) is 1.45. The molecular weight excluding hydrogens is 453 g/mol. The number of anilines is 1. The van der Waals surface area contributed by atoms with E-state index in [-0.39, 0.29) is 11.3 Å². The van der Waals surface area contributed by atoms with E-state index in [0.717, 1.165) is 11.1 Å². The minimum Gasteiger partial charge on any atom is -0.480 e. The zero-order chi connectivity index (χ0) is 24.2. The van der Waals surface area contributed by atoms with Gasteiger partial charge in [-0.25, -0.2) is 9.37 Å². The molecule has 0 fully saturated rings. The highest BCUT2D eigenvalue weighted by Crippen LogP contribution is 2.34. The Bertz CT molecular complexity index is 1440. The van der Waals surface area contributed by atoms with Crippen LogP contribution in [0.5, 0.6) is 0 Å². The van der Waals surface area contributed by atoms with Crippen LogP contribution in [0.15, 0.2) is 66.7 Å². The lowest BCUT2D eigenvalue weighted by molar-refractivity contribution is -0.137. The van der Waals surface area contributed by atoms with Gasteiger partial charge < -0.3 is 10.4 Å². The summed E-state index contributed by atoms with van der Waals surface area (Å²) in [5.41, 5.74) is 3.85. The zero-order valence-corrected chi connectivity index (χ0v) is 18.8. The monoisotopic (exact) mass is 471 g/mol. The molecule has 7 heteroatoms. The summed E-state index contributed by atoms with van der Waals surface area (Å²) >= 11 is 5.92. The molecule has 0 amide bonds. The molecule has 0 aliphatic heterocycles. The lowest BCUT2D eigenvalue weighted by atomic mass is 9.99. The molecular formula is C27H19ClFN3O2. The molecule has 1 aromatic heterocycles. The maximum atomic E-state index is 14.0. The Morgan fingerprint density at radius 2 is 1.71 bits per heavy atom. The summed E-state index contributed by atoms with van der Waals surface area (Å²) < 4.78 is 14.0. The number of pyridine rings is 1. The predicted octanol–water partition coefficient (Wildman–Crippen LogP) is 6.62. The van der Waals surface area contributed by atoms with Gasteiger partial charge in [-0.05, 0) is 48.4 Å². The number of nitrogens with one attached hydrogen (secondary N) is 1. The van der Waals surface area contributed by atoms with Crippen molar-refractivity contribution in [3.05, 3.63) is 94.3 Å². The van der Waals surface area contributed by atoms with E-state index in [1.54, 1.807) is 0 Å². The van der Waals surface area contributed by atoms with Crippen LogP contribution in [0.1, 0.15) is 23.6 Å². The van der Waals surface area contributed by atoms with Gasteiger partial charge >= 0.3 is 5.97 Å². The van der Waals surface area contributed by atoms with Gasteiger partial charge in [0.2, 0.25) is 0 Å². The van der Waals surface area contributed by atoms with Crippen LogP contribution in [0.2, 0.25) is 5.02 Å². The Morgan fingerprint density at radius 1 is 1.09 bits per heavy atom. The van der Waals surface area contributed by atoms with Crippen LogP contribution < -0.4 is 5.32 Å². The Labute approximate surface area is 200 Å². The summed E-state index contributed by atoms with van der Waals surface area (Å²) in [5, 5.41) is 23.1. The molecule has 2 N–H and O–H groups in total. The number of nitriles is 1. The largest absolute Gasteiger partial charge is 0.480 e. The van der Waals surface area contributed by atoms with Crippen LogP contribution in [0, 0.1) is 17.1 Å². The van der Waals surface area contributed by atoms with Crippen LogP contribution in [-0.4, -0.2) is 22.1 Å². The van der Waals surface area contributed by atoms with Crippen LogP contribution in [-0.2, 0) is 4.79 Å². The van der Waals surface area contributed by atoms with E-state index in [1.807, 2.05) is 60.7 Å². The van der Waals surface area contributed by atoms with Crippen molar-refractivity contribution < 1.29 is 14.3 Å². The number of carbonyl (C=O) groups is 1. The first kappa shape index (κ1) is 23.0. The third-order valence-corrected chi connectivity index (χ3v) is 5.56. The van der Waals surface area contributed by atoms with Gasteiger partial charge in [0.25, 0.3) is 0 Å². The number of hydrogen-bond donors (Lipinski definition) is 2. The highest BCUT2D eigenvalue weighted by atomic mass is 35.5. The highest BCUT2D eigenvalue weighted by Gasteiger charge is 2.20. The Hall–Kier alpha value is -4.21. The normalized spacial score (nSPS) is 11.9. The number of rotatable bonds is 6. The second-order valence-corrected chi connectivity index (χ2v) is 8.13. The van der Waals surface area contributed by atoms with E-state index >= 15 is 0 Å². The molecule has 0 aliphatic rings. The van der Waals surface area contributed by atoms with Crippen molar-refractivity contribution in [2.45, 2.75) is 13.0 Å². The SMILES string of the molecule is CC(Nc1c(C#N)c(-c2ccc(/C=C/c3ccc(Cl)cc3)cc2)nc2ccc(F)cc12)C(=O)O. The first-order valence-electron chi connectivity index (χ1n) is 10.4. The second-order valence-electron chi connectivity index (χ2n) is 7.69. The van der Waals surface area contributed by atoms with E-state index in [4.69, 9.17) is 11.6 Å². The third kappa shape index (κ3) is 4.90. The van der Waals surface area contributed by atoms with Crippen molar-refractivity contribution in [1.29, 1.82) is 5.26 Å². The van der Waals surface area contributed by atoms with E-state index in [1.165, 1.54) is 25.1 Å². The molecule has 4 rings (SSSR count). The lowest BCUT2D eigenvalue weighted by Crippen LogP contribution is -2.26. The highest BCUT2D eigenvalue weighted by molar-refractivity contribution is 6.30. The maximum Gasteiger partial charge on any atom is 0.325 e. The Kier molecular flexibility index (Phi) is 6.58. The van der Waals surface area contributed by atoms with Gasteiger partial charge in [-0.1, -0.05) is 60.2 Å². The molecule has 0 saturated carbocycles. The molecule has 4 aromatic rings. The van der Waals surface area contributed by atoms with Gasteiger partial charge in [0.1, 0.15) is 23.5 Å². The summed E-state index contributed by atoms with van der Waals surface area (Å²) in [7, 11) is 0. The van der Waals surface area contributed by atoms with Gasteiger partial charge in [0.15, 0.2) is 0 Å². The Balaban J connectivity index is 1.76. The maximum absolute atomic E-state index is 14.0. The number of carboxylic acids is 1. The predicted molar refractivity (Wildman–Crippen MR) is 133 cm³/mol. The number of nitrogens with zero attached hydrogens (tertiary/aromatic N) is 2. The molecule has 34 heavy (non-hydrogen) atoms. The van der Waals surface area contributed by atoms with Crippen molar-refractivity contribution >= 4 is 46.3 Å². The van der Waals surface area contributed by atoms with E-state index in [2.05, 4.69) is 16.4 Å². The molecule has 1 unspecified atom stereocenters. The minimum atomic E-state index is -1.09. The molecule has 0 aliphatic carbocycles. The number of carboxylic acid groups (broad SMARTS) is 1. The lowest BCUT2D eigenvalue weighted by Gasteiger charge is -2.17. The first-order valence-corrected chi connectivity index (χ1v) is 10.8. The van der Waals surface area contributed by atoms with Crippen molar-refractivity contribution in [2.75, 3.05) is 5.32 Å². The van der Waals surface area contributed by atoms with Gasteiger partial charge in [-0.15, -0.1) is 0 Å². The fourth-order valence-electron chi connectivity index (χ4n) is 3.50. The number of benzene rings is 3. The van der Waals surface area contributed by atoms with Crippen LogP contribution in [0.25, 0.3) is 34.3 Å². The molecule has 3 aromatic carbocycles. The van der Waals surface area contributed by atoms with Crippen LogP contribution >= 0.6 is 11.6 Å². The van der Waals surface area contributed by atoms with Gasteiger partial charge in [-0.3, -0.25) is 4.79 Å². The topological polar surface area (TPSA) is 86.0 Å². The molecule has 0 bridgehead atoms. The molecule has 5 nitrogen and oxygen atoms in total. The summed E-state index contributed by atoms with van der Waals surface area (Å²) in [6, 6.07) is 20.1. The molecule has 168 valence electrons. The molecule has 0 radical (unpaired) electrons. The van der Waals surface area contributed by atoms with Crippen molar-refractivity contribution in [2.24, 2.45) is 0 Å². The molecule has 1 atom stereocenters. The minimum absolute atomic E-state index is 0.149. The van der Waals surface area contributed by atoms with Crippen LogP contribution in [0.4, 0.5) is 10.1 Å². The third-order valence-electron chi connectivity index (χ3n) is 5.31. The van der Waals surface area contributed by atoms with Crippen LogP contribution in [0.3, 0.4) is 0 Å². The fourth-order valence-corrected chi connectivity index (χ4v) is 3.63. The van der Waals surface area contributed by atoms with Crippen molar-refractivity contribution in [3.8, 4) is 17.3 Å². The van der Waals surface area contributed by atoms with Gasteiger partial charge in [-0.2, -0.15) is 5.26 Å². The van der Waals surface area contributed by atoms with Gasteiger partial charge in [0.05, 0.1) is 16.9 Å². The summed E-state index contributed by atoms with van der Waals surface area (Å²) in [6.07, 6.45) is 3.92. The zero-order valence-electron chi connectivity index (χ0n) is 18.1. The molecule has 0 saturated heterocycles. The van der Waals surface area contributed by atoms with E-state index in [0.29, 0.717) is 27.2 Å². The van der Waals surface area contributed by atoms with Crippen molar-refractivity contribution in [3.63, 3.8) is 0 Å². The standard InChI is InChI=1S/C27H19ClFN3O2/c1-16(27(33)34)31-26-22-14-21(29)12-13-24(22)32-25(23(26)15-30)19-8-4-17(5-9-19)2-3-18-6-10-20(28)11-7-18/h2-14,16H,1H3,(H,31,32)(H,33,34)/b3-2+. The number of aliphatic carboxylic acids is 1. The second kappa shape index (κ2) is 9.74. The van der Waals surface area contributed by atoms with Gasteiger partial charge in [0, 0.05) is 16.0 Å². The molecule has 1 heterocycles. The fraction of sp³-hybridized carbons (Fsp3) is 0.0741. The smallest absolute Gasteiger partial charge is 0.325 e. The number of halogens is 2. The molecule has 0 spiro atoms. The first-order chi connectivity index (χ1) is 16.4. The summed E-state index contributed by atoms with van der Waals surface area (Å²) in [5.74, 6) is -1.60. The average Bonchev–Trinajstić information content (AvgIpc) is 2.84. The van der Waals surface area contributed by atoms with E-state index in [9.17, 15) is 19.6 Å². The number of fused-ring (bicyclic) bond motifs is 1. The Morgan fingerprint density at radius 3 is 2.29 bits per heavy atom. The average molecular weight is 472 g/mol. The number of aromatic nitrogens is 1. The van der Waals surface area contributed by atoms with E-state index < -0.39 is 17.8 Å². The van der Waals surface area contributed by atoms with Crippen molar-refractivity contribution in [1.82, 2.24) is 4.98 Å². The number of hydrogen-bond acceptors (Lipinski definition) is 4.